The van der Waals surface area contributed by atoms with Crippen LogP contribution in [0.25, 0.3) is 0 Å². The lowest BCUT2D eigenvalue weighted by Gasteiger charge is -2.38. The molecule has 2 aliphatic heterocycles. The van der Waals surface area contributed by atoms with Crippen molar-refractivity contribution in [2.24, 2.45) is 0 Å². The second-order valence-electron chi connectivity index (χ2n) is 9.34. The molecule has 0 atom stereocenters. The molecule has 34 heavy (non-hydrogen) atoms. The van der Waals surface area contributed by atoms with Crippen molar-refractivity contribution in [3.05, 3.63) is 65.0 Å². The fraction of sp³-hybridized carbons (Fsp3) is 0.500. The normalized spacial score (nSPS) is 18.9. The number of aliphatic hydroxyl groups is 1. The Morgan fingerprint density at radius 1 is 1.00 bits per heavy atom. The van der Waals surface area contributed by atoms with Crippen LogP contribution in [0.15, 0.2) is 42.5 Å². The molecule has 0 unspecified atom stereocenters. The summed E-state index contributed by atoms with van der Waals surface area (Å²) in [5, 5.41) is 11.0. The summed E-state index contributed by atoms with van der Waals surface area (Å²) in [5.41, 5.74) is -0.855. The number of halogens is 4. The molecular formula is C26H30F4N2O2. The van der Waals surface area contributed by atoms with Crippen LogP contribution in [0.4, 0.5) is 23.2 Å². The predicted octanol–water partition coefficient (Wildman–Crippen LogP) is 5.39. The second kappa shape index (κ2) is 10.0. The summed E-state index contributed by atoms with van der Waals surface area (Å²) in [5.74, 6) is -0.721. The molecule has 0 aliphatic carbocycles. The van der Waals surface area contributed by atoms with Gasteiger partial charge in [0.2, 0.25) is 0 Å². The molecule has 2 aliphatic rings. The zero-order valence-corrected chi connectivity index (χ0v) is 19.1. The Balaban J connectivity index is 1.26. The molecule has 1 N–H and O–H groups in total. The van der Waals surface area contributed by atoms with Gasteiger partial charge in [-0.2, -0.15) is 13.2 Å². The van der Waals surface area contributed by atoms with Crippen LogP contribution in [-0.2, 0) is 11.8 Å². The lowest BCUT2D eigenvalue weighted by molar-refractivity contribution is -0.137. The van der Waals surface area contributed by atoms with E-state index in [2.05, 4.69) is 9.80 Å². The van der Waals surface area contributed by atoms with E-state index in [1.807, 2.05) is 0 Å². The van der Waals surface area contributed by atoms with E-state index in [0.717, 1.165) is 43.8 Å². The molecule has 0 aromatic heterocycles. The number of rotatable bonds is 7. The van der Waals surface area contributed by atoms with Crippen LogP contribution in [0.1, 0.15) is 60.0 Å². The van der Waals surface area contributed by atoms with E-state index in [1.165, 1.54) is 18.2 Å². The summed E-state index contributed by atoms with van der Waals surface area (Å²) in [6.07, 6.45) is -0.869. The lowest BCUT2D eigenvalue weighted by atomic mass is 9.83. The fourth-order valence-electron chi connectivity index (χ4n) is 4.92. The molecule has 0 amide bonds. The van der Waals surface area contributed by atoms with E-state index >= 15 is 0 Å². The van der Waals surface area contributed by atoms with Crippen molar-refractivity contribution >= 4 is 11.5 Å². The number of hydrogen-bond donors (Lipinski definition) is 1. The fourth-order valence-corrected chi connectivity index (χ4v) is 4.92. The summed E-state index contributed by atoms with van der Waals surface area (Å²) < 4.78 is 53.6. The minimum absolute atomic E-state index is 0.112. The quantitative estimate of drug-likeness (QED) is 0.428. The van der Waals surface area contributed by atoms with E-state index in [1.54, 1.807) is 12.1 Å². The van der Waals surface area contributed by atoms with Gasteiger partial charge in [0.25, 0.3) is 0 Å². The number of anilines is 1. The standard InChI is InChI=1S/C26H30F4N2O2/c27-23-18-21(32-13-1-2-14-32)8-9-22(23)24(33)7-4-12-31-15-10-25(34,11-16-31)19-5-3-6-20(17-19)26(28,29)30/h3,5-6,8-9,17-18,34H,1-2,4,7,10-16H2. The topological polar surface area (TPSA) is 43.8 Å². The number of carbonyl (C=O) groups excluding carboxylic acids is 1. The third kappa shape index (κ3) is 5.61. The van der Waals surface area contributed by atoms with Crippen molar-refractivity contribution in [3.8, 4) is 0 Å². The average molecular weight is 479 g/mol. The summed E-state index contributed by atoms with van der Waals surface area (Å²) in [6.45, 7) is 3.45. The highest BCUT2D eigenvalue weighted by Crippen LogP contribution is 2.36. The molecule has 2 aromatic carbocycles. The highest BCUT2D eigenvalue weighted by Gasteiger charge is 2.37. The van der Waals surface area contributed by atoms with Gasteiger partial charge in [-0.3, -0.25) is 4.79 Å². The molecule has 0 bridgehead atoms. The third-order valence-corrected chi connectivity index (χ3v) is 7.01. The molecule has 2 saturated heterocycles. The molecule has 4 rings (SSSR count). The summed E-state index contributed by atoms with van der Waals surface area (Å²) in [6, 6.07) is 9.71. The molecule has 0 saturated carbocycles. The first-order valence-corrected chi connectivity index (χ1v) is 11.9. The SMILES string of the molecule is O=C(CCCN1CCC(O)(c2cccc(C(F)(F)F)c2)CC1)c1ccc(N2CCCC2)cc1F. The first kappa shape index (κ1) is 24.7. The van der Waals surface area contributed by atoms with Crippen LogP contribution in [0.3, 0.4) is 0 Å². The van der Waals surface area contributed by atoms with Crippen molar-refractivity contribution in [2.75, 3.05) is 37.6 Å². The monoisotopic (exact) mass is 478 g/mol. The molecular weight excluding hydrogens is 448 g/mol. The number of nitrogens with zero attached hydrogens (tertiary/aromatic N) is 2. The van der Waals surface area contributed by atoms with Crippen molar-refractivity contribution in [1.82, 2.24) is 4.90 Å². The van der Waals surface area contributed by atoms with Crippen molar-refractivity contribution < 1.29 is 27.5 Å². The average Bonchev–Trinajstić information content (AvgIpc) is 3.35. The maximum Gasteiger partial charge on any atom is 0.416 e. The van der Waals surface area contributed by atoms with Crippen LogP contribution in [0.5, 0.6) is 0 Å². The second-order valence-corrected chi connectivity index (χ2v) is 9.34. The Bertz CT molecular complexity index is 1010. The van der Waals surface area contributed by atoms with E-state index in [-0.39, 0.29) is 23.3 Å². The molecule has 2 aromatic rings. The number of carbonyl (C=O) groups is 1. The number of likely N-dealkylation sites (tertiary alicyclic amines) is 1. The minimum atomic E-state index is -4.45. The van der Waals surface area contributed by atoms with Crippen LogP contribution >= 0.6 is 0 Å². The number of piperidine rings is 1. The number of ketones is 1. The summed E-state index contributed by atoms with van der Waals surface area (Å²) >= 11 is 0. The van der Waals surface area contributed by atoms with Crippen LogP contribution < -0.4 is 4.90 Å². The Kier molecular flexibility index (Phi) is 7.28. The summed E-state index contributed by atoms with van der Waals surface area (Å²) in [4.78, 5) is 16.7. The van der Waals surface area contributed by atoms with Gasteiger partial charge < -0.3 is 14.9 Å². The molecule has 8 heteroatoms. The van der Waals surface area contributed by atoms with Crippen LogP contribution in [0.2, 0.25) is 0 Å². The van der Waals surface area contributed by atoms with Crippen LogP contribution in [-0.4, -0.2) is 48.5 Å². The smallest absolute Gasteiger partial charge is 0.385 e. The lowest BCUT2D eigenvalue weighted by Crippen LogP contribution is -2.43. The van der Waals surface area contributed by atoms with Gasteiger partial charge in [0.15, 0.2) is 5.78 Å². The number of Topliss-reactive ketones (excluding diaryl/α,β-unsaturated/α-hetero) is 1. The molecule has 4 nitrogen and oxygen atoms in total. The molecule has 2 fully saturated rings. The van der Waals surface area contributed by atoms with Gasteiger partial charge in [-0.25, -0.2) is 4.39 Å². The minimum Gasteiger partial charge on any atom is -0.385 e. The van der Waals surface area contributed by atoms with Gasteiger partial charge in [0, 0.05) is 38.3 Å². The Labute approximate surface area is 197 Å². The predicted molar refractivity (Wildman–Crippen MR) is 122 cm³/mol. The first-order chi connectivity index (χ1) is 16.2. The van der Waals surface area contributed by atoms with Gasteiger partial charge in [0.05, 0.1) is 16.7 Å². The maximum absolute atomic E-state index is 14.5. The Morgan fingerprint density at radius 2 is 1.71 bits per heavy atom. The third-order valence-electron chi connectivity index (χ3n) is 7.01. The molecule has 0 radical (unpaired) electrons. The highest BCUT2D eigenvalue weighted by molar-refractivity contribution is 5.96. The van der Waals surface area contributed by atoms with E-state index in [0.29, 0.717) is 38.9 Å². The number of alkyl halides is 3. The van der Waals surface area contributed by atoms with Crippen molar-refractivity contribution in [2.45, 2.75) is 50.3 Å². The van der Waals surface area contributed by atoms with Gasteiger partial charge in [0.1, 0.15) is 5.82 Å². The van der Waals surface area contributed by atoms with Gasteiger partial charge in [-0.05, 0) is 74.5 Å². The molecule has 2 heterocycles. The number of hydrogen-bond acceptors (Lipinski definition) is 4. The van der Waals surface area contributed by atoms with Gasteiger partial charge >= 0.3 is 6.18 Å². The Morgan fingerprint density at radius 3 is 2.35 bits per heavy atom. The van der Waals surface area contributed by atoms with Crippen molar-refractivity contribution in [3.63, 3.8) is 0 Å². The van der Waals surface area contributed by atoms with Crippen LogP contribution in [0, 0.1) is 5.82 Å². The molecule has 184 valence electrons. The number of benzene rings is 2. The van der Waals surface area contributed by atoms with E-state index in [4.69, 9.17) is 0 Å². The first-order valence-electron chi connectivity index (χ1n) is 11.9. The zero-order valence-electron chi connectivity index (χ0n) is 19.1. The highest BCUT2D eigenvalue weighted by atomic mass is 19.4. The molecule has 0 spiro atoms. The van der Waals surface area contributed by atoms with Crippen molar-refractivity contribution in [1.29, 1.82) is 0 Å². The summed E-state index contributed by atoms with van der Waals surface area (Å²) in [7, 11) is 0. The van der Waals surface area contributed by atoms with E-state index in [9.17, 15) is 27.5 Å². The zero-order chi connectivity index (χ0) is 24.3. The largest absolute Gasteiger partial charge is 0.416 e. The van der Waals surface area contributed by atoms with Gasteiger partial charge in [-0.1, -0.05) is 12.1 Å². The maximum atomic E-state index is 14.5. The Hall–Kier alpha value is -2.45. The van der Waals surface area contributed by atoms with E-state index < -0.39 is 23.2 Å². The van der Waals surface area contributed by atoms with Gasteiger partial charge in [-0.15, -0.1) is 0 Å².